The van der Waals surface area contributed by atoms with E-state index in [0.717, 1.165) is 38.3 Å². The topological polar surface area (TPSA) is 69.2 Å². The van der Waals surface area contributed by atoms with Gasteiger partial charge in [0, 0.05) is 32.9 Å². The predicted molar refractivity (Wildman–Crippen MR) is 64.4 cm³/mol. The molecule has 1 aliphatic rings. The van der Waals surface area contributed by atoms with E-state index in [2.05, 4.69) is 15.2 Å². The van der Waals surface area contributed by atoms with Crippen LogP contribution in [-0.4, -0.2) is 52.7 Å². The van der Waals surface area contributed by atoms with Crippen molar-refractivity contribution in [2.24, 2.45) is 5.73 Å². The summed E-state index contributed by atoms with van der Waals surface area (Å²) < 4.78 is 7.20. The summed E-state index contributed by atoms with van der Waals surface area (Å²) in [4.78, 5) is 2.37. The molecule has 0 radical (unpaired) electrons. The van der Waals surface area contributed by atoms with Gasteiger partial charge in [-0.1, -0.05) is 5.21 Å². The first-order valence-corrected chi connectivity index (χ1v) is 6.16. The number of ether oxygens (including phenoxy) is 1. The fraction of sp³-hybridized carbons (Fsp3) is 0.818. The van der Waals surface area contributed by atoms with Gasteiger partial charge in [-0.25, -0.2) is 0 Å². The second-order valence-electron chi connectivity index (χ2n) is 4.50. The fourth-order valence-corrected chi connectivity index (χ4v) is 2.23. The van der Waals surface area contributed by atoms with Crippen molar-refractivity contribution in [1.82, 2.24) is 19.9 Å². The molecule has 0 bridgehead atoms. The van der Waals surface area contributed by atoms with E-state index in [0.29, 0.717) is 12.6 Å². The smallest absolute Gasteiger partial charge is 0.0967 e. The number of hydrogen-bond acceptors (Lipinski definition) is 5. The summed E-state index contributed by atoms with van der Waals surface area (Å²) in [7, 11) is 1.78. The van der Waals surface area contributed by atoms with Crippen LogP contribution in [0, 0.1) is 0 Å². The molecule has 2 rings (SSSR count). The monoisotopic (exact) mass is 239 g/mol. The predicted octanol–water partition coefficient (Wildman–Crippen LogP) is -0.152. The zero-order chi connectivity index (χ0) is 12.1. The van der Waals surface area contributed by atoms with Gasteiger partial charge in [0.05, 0.1) is 18.3 Å². The lowest BCUT2D eigenvalue weighted by molar-refractivity contribution is 0.0281. The van der Waals surface area contributed by atoms with Crippen molar-refractivity contribution in [3.8, 4) is 0 Å². The normalized spacial score (nSPS) is 21.9. The maximum atomic E-state index is 5.47. The first-order valence-electron chi connectivity index (χ1n) is 6.16. The molecular weight excluding hydrogens is 218 g/mol. The molecule has 2 heterocycles. The van der Waals surface area contributed by atoms with Gasteiger partial charge in [-0.15, -0.1) is 5.10 Å². The molecule has 0 spiro atoms. The standard InChI is InChI=1S/C11H21N5O/c1-17-11-3-2-5-15(9-11)7-10-8-16(6-4-12)14-13-10/h8,11H,2-7,9,12H2,1H3. The van der Waals surface area contributed by atoms with E-state index >= 15 is 0 Å². The average molecular weight is 239 g/mol. The van der Waals surface area contributed by atoms with Crippen molar-refractivity contribution < 1.29 is 4.74 Å². The first kappa shape index (κ1) is 12.5. The van der Waals surface area contributed by atoms with Crippen molar-refractivity contribution in [2.45, 2.75) is 32.0 Å². The van der Waals surface area contributed by atoms with E-state index in [1.165, 1.54) is 6.42 Å². The molecule has 0 amide bonds. The highest BCUT2D eigenvalue weighted by atomic mass is 16.5. The third-order valence-corrected chi connectivity index (χ3v) is 3.13. The van der Waals surface area contributed by atoms with Gasteiger partial charge in [0.25, 0.3) is 0 Å². The number of rotatable bonds is 5. The maximum absolute atomic E-state index is 5.47. The fourth-order valence-electron chi connectivity index (χ4n) is 2.23. The van der Waals surface area contributed by atoms with Crippen LogP contribution >= 0.6 is 0 Å². The quantitative estimate of drug-likeness (QED) is 0.773. The molecular formula is C11H21N5O. The van der Waals surface area contributed by atoms with Crippen LogP contribution in [0.5, 0.6) is 0 Å². The van der Waals surface area contributed by atoms with E-state index in [1.807, 2.05) is 6.20 Å². The van der Waals surface area contributed by atoms with Crippen molar-refractivity contribution >= 4 is 0 Å². The molecule has 1 aliphatic heterocycles. The SMILES string of the molecule is COC1CCCN(Cc2cn(CCN)nn2)C1. The molecule has 1 atom stereocenters. The number of piperidine rings is 1. The second kappa shape index (κ2) is 6.09. The zero-order valence-electron chi connectivity index (χ0n) is 10.4. The highest BCUT2D eigenvalue weighted by Gasteiger charge is 2.20. The number of nitrogens with zero attached hydrogens (tertiary/aromatic N) is 4. The molecule has 1 fully saturated rings. The third kappa shape index (κ3) is 3.49. The largest absolute Gasteiger partial charge is 0.380 e. The van der Waals surface area contributed by atoms with Gasteiger partial charge >= 0.3 is 0 Å². The van der Waals surface area contributed by atoms with Crippen molar-refractivity contribution in [2.75, 3.05) is 26.7 Å². The zero-order valence-corrected chi connectivity index (χ0v) is 10.4. The molecule has 1 saturated heterocycles. The number of nitrogens with two attached hydrogens (primary N) is 1. The Labute approximate surface area is 102 Å². The summed E-state index contributed by atoms with van der Waals surface area (Å²) in [5.41, 5.74) is 6.48. The Hall–Kier alpha value is -0.980. The van der Waals surface area contributed by atoms with Crippen LogP contribution in [-0.2, 0) is 17.8 Å². The van der Waals surface area contributed by atoms with Gasteiger partial charge in [-0.3, -0.25) is 9.58 Å². The molecule has 0 saturated carbocycles. The Morgan fingerprint density at radius 1 is 1.59 bits per heavy atom. The van der Waals surface area contributed by atoms with Gasteiger partial charge in [0.1, 0.15) is 0 Å². The van der Waals surface area contributed by atoms with Crippen molar-refractivity contribution in [3.63, 3.8) is 0 Å². The van der Waals surface area contributed by atoms with Gasteiger partial charge < -0.3 is 10.5 Å². The van der Waals surface area contributed by atoms with Crippen molar-refractivity contribution in [1.29, 1.82) is 0 Å². The number of methoxy groups -OCH3 is 1. The first-order chi connectivity index (χ1) is 8.31. The average Bonchev–Trinajstić information content (AvgIpc) is 2.77. The lowest BCUT2D eigenvalue weighted by Gasteiger charge is -2.31. The summed E-state index contributed by atoms with van der Waals surface area (Å²) in [6, 6.07) is 0. The van der Waals surface area contributed by atoms with Crippen LogP contribution in [0.1, 0.15) is 18.5 Å². The highest BCUT2D eigenvalue weighted by Crippen LogP contribution is 2.14. The number of hydrogen-bond donors (Lipinski definition) is 1. The summed E-state index contributed by atoms with van der Waals surface area (Å²) in [6.07, 6.45) is 4.69. The summed E-state index contributed by atoms with van der Waals surface area (Å²) in [5, 5.41) is 8.19. The second-order valence-corrected chi connectivity index (χ2v) is 4.50. The summed E-state index contributed by atoms with van der Waals surface area (Å²) >= 11 is 0. The minimum absolute atomic E-state index is 0.364. The van der Waals surface area contributed by atoms with Crippen LogP contribution in [0.4, 0.5) is 0 Å². The number of likely N-dealkylation sites (tertiary alicyclic amines) is 1. The molecule has 0 aliphatic carbocycles. The lowest BCUT2D eigenvalue weighted by atomic mass is 10.1. The van der Waals surface area contributed by atoms with E-state index in [9.17, 15) is 0 Å². The van der Waals surface area contributed by atoms with Gasteiger partial charge in [-0.05, 0) is 19.4 Å². The Kier molecular flexibility index (Phi) is 4.47. The van der Waals surface area contributed by atoms with E-state index in [4.69, 9.17) is 10.5 Å². The molecule has 1 unspecified atom stereocenters. The van der Waals surface area contributed by atoms with Crippen LogP contribution in [0.25, 0.3) is 0 Å². The molecule has 6 heteroatoms. The molecule has 6 nitrogen and oxygen atoms in total. The van der Waals surface area contributed by atoms with Crippen LogP contribution in [0.15, 0.2) is 6.20 Å². The molecule has 17 heavy (non-hydrogen) atoms. The summed E-state index contributed by atoms with van der Waals surface area (Å²) in [5.74, 6) is 0. The summed E-state index contributed by atoms with van der Waals surface area (Å²) in [6.45, 7) is 4.28. The Balaban J connectivity index is 1.86. The van der Waals surface area contributed by atoms with Gasteiger partial charge in [0.15, 0.2) is 0 Å². The third-order valence-electron chi connectivity index (χ3n) is 3.13. The van der Waals surface area contributed by atoms with Crippen LogP contribution in [0.2, 0.25) is 0 Å². The van der Waals surface area contributed by atoms with Gasteiger partial charge in [-0.2, -0.15) is 0 Å². The Morgan fingerprint density at radius 2 is 2.47 bits per heavy atom. The van der Waals surface area contributed by atoms with Crippen LogP contribution < -0.4 is 5.73 Å². The highest BCUT2D eigenvalue weighted by molar-refractivity contribution is 4.93. The Bertz CT molecular complexity index is 340. The molecule has 1 aromatic rings. The van der Waals surface area contributed by atoms with E-state index < -0.39 is 0 Å². The minimum Gasteiger partial charge on any atom is -0.380 e. The molecule has 1 aromatic heterocycles. The van der Waals surface area contributed by atoms with Crippen LogP contribution in [0.3, 0.4) is 0 Å². The number of aromatic nitrogens is 3. The Morgan fingerprint density at radius 3 is 3.24 bits per heavy atom. The molecule has 0 aromatic carbocycles. The van der Waals surface area contributed by atoms with E-state index in [-0.39, 0.29) is 0 Å². The minimum atomic E-state index is 0.364. The van der Waals surface area contributed by atoms with Crippen molar-refractivity contribution in [3.05, 3.63) is 11.9 Å². The van der Waals surface area contributed by atoms with Gasteiger partial charge in [0.2, 0.25) is 0 Å². The van der Waals surface area contributed by atoms with E-state index in [1.54, 1.807) is 11.8 Å². The lowest BCUT2D eigenvalue weighted by Crippen LogP contribution is -2.38. The maximum Gasteiger partial charge on any atom is 0.0967 e. The molecule has 2 N–H and O–H groups in total. The molecule has 96 valence electrons.